The van der Waals surface area contributed by atoms with Gasteiger partial charge >= 0.3 is 0 Å². The molecule has 0 aliphatic heterocycles. The lowest BCUT2D eigenvalue weighted by atomic mass is 9.74. The van der Waals surface area contributed by atoms with Gasteiger partial charge in [0.05, 0.1) is 12.6 Å². The third kappa shape index (κ3) is 1.44. The average Bonchev–Trinajstić information content (AvgIpc) is 2.45. The summed E-state index contributed by atoms with van der Waals surface area (Å²) in [6.07, 6.45) is 1.79. The van der Waals surface area contributed by atoms with Crippen LogP contribution in [0.3, 0.4) is 0 Å². The Bertz CT molecular complexity index is 344. The van der Waals surface area contributed by atoms with E-state index in [1.165, 1.54) is 0 Å². The van der Waals surface area contributed by atoms with Crippen LogP contribution < -0.4 is 5.73 Å². The van der Waals surface area contributed by atoms with E-state index in [0.717, 1.165) is 24.2 Å². The van der Waals surface area contributed by atoms with Crippen LogP contribution >= 0.6 is 0 Å². The molecule has 1 aliphatic carbocycles. The summed E-state index contributed by atoms with van der Waals surface area (Å²) in [6, 6.07) is -0.0819. The van der Waals surface area contributed by atoms with Crippen molar-refractivity contribution in [1.82, 2.24) is 5.16 Å². The standard InChI is InChI=1S/C10H16N2O2/c1-10(2)3-6-8(5-13)12-14-9(6)7(11)4-10/h7,13H,3-5,11H2,1-2H3. The molecule has 0 saturated carbocycles. The first-order chi connectivity index (χ1) is 6.53. The highest BCUT2D eigenvalue weighted by atomic mass is 16.5. The van der Waals surface area contributed by atoms with E-state index >= 15 is 0 Å². The Morgan fingerprint density at radius 3 is 3.00 bits per heavy atom. The normalized spacial score (nSPS) is 24.7. The van der Waals surface area contributed by atoms with Crippen LogP contribution in [0, 0.1) is 5.41 Å². The van der Waals surface area contributed by atoms with Gasteiger partial charge in [-0.1, -0.05) is 19.0 Å². The number of fused-ring (bicyclic) bond motifs is 1. The SMILES string of the molecule is CC1(C)Cc2c(CO)noc2C(N)C1. The number of rotatable bonds is 1. The van der Waals surface area contributed by atoms with Gasteiger partial charge in [0.15, 0.2) is 5.76 Å². The van der Waals surface area contributed by atoms with Crippen molar-refractivity contribution in [3.63, 3.8) is 0 Å². The summed E-state index contributed by atoms with van der Waals surface area (Å²) in [4.78, 5) is 0. The van der Waals surface area contributed by atoms with Crippen molar-refractivity contribution < 1.29 is 9.63 Å². The van der Waals surface area contributed by atoms with Crippen molar-refractivity contribution in [2.45, 2.75) is 39.3 Å². The molecule has 0 fully saturated rings. The van der Waals surface area contributed by atoms with Gasteiger partial charge in [-0.3, -0.25) is 0 Å². The van der Waals surface area contributed by atoms with Crippen LogP contribution in [-0.4, -0.2) is 10.3 Å². The number of hydrogen-bond donors (Lipinski definition) is 2. The highest BCUT2D eigenvalue weighted by Crippen LogP contribution is 2.40. The molecule has 1 unspecified atom stereocenters. The molecule has 4 heteroatoms. The lowest BCUT2D eigenvalue weighted by Crippen LogP contribution is -2.29. The zero-order valence-electron chi connectivity index (χ0n) is 8.58. The van der Waals surface area contributed by atoms with Gasteiger partial charge in [-0.15, -0.1) is 0 Å². The summed E-state index contributed by atoms with van der Waals surface area (Å²) in [5.74, 6) is 0.758. The fourth-order valence-electron chi connectivity index (χ4n) is 2.20. The summed E-state index contributed by atoms with van der Waals surface area (Å²) in [5, 5.41) is 12.9. The summed E-state index contributed by atoms with van der Waals surface area (Å²) in [7, 11) is 0. The molecule has 0 amide bonds. The van der Waals surface area contributed by atoms with E-state index in [1.807, 2.05) is 0 Å². The van der Waals surface area contributed by atoms with Crippen LogP contribution in [0.25, 0.3) is 0 Å². The molecule has 3 N–H and O–H groups in total. The minimum atomic E-state index is -0.0819. The van der Waals surface area contributed by atoms with Crippen LogP contribution in [0.5, 0.6) is 0 Å². The molecule has 4 nitrogen and oxygen atoms in total. The quantitative estimate of drug-likeness (QED) is 0.706. The lowest BCUT2D eigenvalue weighted by Gasteiger charge is -2.32. The lowest BCUT2D eigenvalue weighted by molar-refractivity contribution is 0.245. The Morgan fingerprint density at radius 1 is 1.64 bits per heavy atom. The predicted octanol–water partition coefficient (Wildman–Crippen LogP) is 1.14. The molecule has 78 valence electrons. The molecule has 1 atom stereocenters. The second-order valence-corrected chi connectivity index (χ2v) is 4.78. The van der Waals surface area contributed by atoms with Crippen molar-refractivity contribution in [3.8, 4) is 0 Å². The van der Waals surface area contributed by atoms with E-state index in [0.29, 0.717) is 5.69 Å². The molecule has 1 aromatic rings. The highest BCUT2D eigenvalue weighted by molar-refractivity contribution is 5.29. The fraction of sp³-hybridized carbons (Fsp3) is 0.700. The zero-order valence-corrected chi connectivity index (χ0v) is 8.58. The summed E-state index contributed by atoms with van der Waals surface area (Å²) >= 11 is 0. The molecule has 14 heavy (non-hydrogen) atoms. The van der Waals surface area contributed by atoms with E-state index in [4.69, 9.17) is 15.4 Å². The molecule has 0 spiro atoms. The number of nitrogens with zero attached hydrogens (tertiary/aromatic N) is 1. The molecule has 0 radical (unpaired) electrons. The van der Waals surface area contributed by atoms with E-state index in [1.54, 1.807) is 0 Å². The van der Waals surface area contributed by atoms with Gasteiger partial charge < -0.3 is 15.4 Å². The number of aliphatic hydroxyl groups is 1. The van der Waals surface area contributed by atoms with Crippen LogP contribution in [0.4, 0.5) is 0 Å². The van der Waals surface area contributed by atoms with E-state index in [-0.39, 0.29) is 18.1 Å². The van der Waals surface area contributed by atoms with Crippen molar-refractivity contribution in [3.05, 3.63) is 17.0 Å². The van der Waals surface area contributed by atoms with Gasteiger partial charge in [-0.25, -0.2) is 0 Å². The Morgan fingerprint density at radius 2 is 2.36 bits per heavy atom. The van der Waals surface area contributed by atoms with Gasteiger partial charge in [0, 0.05) is 5.56 Å². The van der Waals surface area contributed by atoms with Gasteiger partial charge in [0.25, 0.3) is 0 Å². The van der Waals surface area contributed by atoms with E-state index in [2.05, 4.69) is 19.0 Å². The maximum atomic E-state index is 9.08. The first-order valence-corrected chi connectivity index (χ1v) is 4.87. The maximum Gasteiger partial charge on any atom is 0.156 e. The van der Waals surface area contributed by atoms with Crippen molar-refractivity contribution >= 4 is 0 Å². The van der Waals surface area contributed by atoms with Crippen LogP contribution in [0.2, 0.25) is 0 Å². The Hall–Kier alpha value is -0.870. The highest BCUT2D eigenvalue weighted by Gasteiger charge is 2.35. The number of hydrogen-bond acceptors (Lipinski definition) is 4. The molecule has 1 heterocycles. The van der Waals surface area contributed by atoms with Gasteiger partial charge in [0.2, 0.25) is 0 Å². The van der Waals surface area contributed by atoms with Crippen molar-refractivity contribution in [1.29, 1.82) is 0 Å². The fourth-order valence-corrected chi connectivity index (χ4v) is 2.20. The monoisotopic (exact) mass is 196 g/mol. The molecular weight excluding hydrogens is 180 g/mol. The molecule has 0 saturated heterocycles. The third-order valence-electron chi connectivity index (χ3n) is 2.81. The molecular formula is C10H16N2O2. The summed E-state index contributed by atoms with van der Waals surface area (Å²) in [5.41, 5.74) is 7.80. The van der Waals surface area contributed by atoms with Gasteiger partial charge in [-0.05, 0) is 18.3 Å². The molecule has 1 aromatic heterocycles. The Kier molecular flexibility index (Phi) is 2.12. The van der Waals surface area contributed by atoms with Crippen molar-refractivity contribution in [2.24, 2.45) is 11.1 Å². The van der Waals surface area contributed by atoms with Crippen LogP contribution in [0.1, 0.15) is 43.3 Å². The average molecular weight is 196 g/mol. The van der Waals surface area contributed by atoms with Gasteiger partial charge in [0.1, 0.15) is 5.69 Å². The third-order valence-corrected chi connectivity index (χ3v) is 2.81. The van der Waals surface area contributed by atoms with Crippen LogP contribution in [-0.2, 0) is 13.0 Å². The van der Waals surface area contributed by atoms with Crippen LogP contribution in [0.15, 0.2) is 4.52 Å². The topological polar surface area (TPSA) is 72.3 Å². The minimum Gasteiger partial charge on any atom is -0.390 e. The predicted molar refractivity (Wildman–Crippen MR) is 51.5 cm³/mol. The Labute approximate surface area is 83.1 Å². The van der Waals surface area contributed by atoms with Crippen molar-refractivity contribution in [2.75, 3.05) is 0 Å². The number of aromatic nitrogens is 1. The minimum absolute atomic E-state index is 0.0678. The summed E-state index contributed by atoms with van der Waals surface area (Å²) in [6.45, 7) is 4.27. The summed E-state index contributed by atoms with van der Waals surface area (Å²) < 4.78 is 5.15. The van der Waals surface area contributed by atoms with Gasteiger partial charge in [-0.2, -0.15) is 0 Å². The molecule has 0 aromatic carbocycles. The van der Waals surface area contributed by atoms with E-state index in [9.17, 15) is 0 Å². The zero-order chi connectivity index (χ0) is 10.3. The smallest absolute Gasteiger partial charge is 0.156 e. The first-order valence-electron chi connectivity index (χ1n) is 4.87. The Balaban J connectivity index is 2.43. The maximum absolute atomic E-state index is 9.08. The second-order valence-electron chi connectivity index (χ2n) is 4.78. The number of nitrogens with two attached hydrogens (primary N) is 1. The van der Waals surface area contributed by atoms with E-state index < -0.39 is 0 Å². The number of aliphatic hydroxyl groups excluding tert-OH is 1. The first kappa shape index (κ1) is 9.68. The molecule has 2 rings (SSSR count). The molecule has 1 aliphatic rings. The second kappa shape index (κ2) is 3.07. The molecule has 0 bridgehead atoms. The largest absolute Gasteiger partial charge is 0.390 e.